The van der Waals surface area contributed by atoms with Crippen LogP contribution in [0.1, 0.15) is 55.2 Å². The van der Waals surface area contributed by atoms with Gasteiger partial charge in [0.25, 0.3) is 5.91 Å². The third kappa shape index (κ3) is 3.65. The molecule has 4 nitrogen and oxygen atoms in total. The van der Waals surface area contributed by atoms with Gasteiger partial charge in [0.1, 0.15) is 11.5 Å². The number of nitrogens with zero attached hydrogens (tertiary/aromatic N) is 2. The van der Waals surface area contributed by atoms with Gasteiger partial charge in [-0.3, -0.25) is 9.59 Å². The molecule has 0 saturated carbocycles. The normalized spacial score (nSPS) is 19.5. The van der Waals surface area contributed by atoms with E-state index in [1.54, 1.807) is 13.0 Å². The van der Waals surface area contributed by atoms with Gasteiger partial charge in [0, 0.05) is 24.7 Å². The van der Waals surface area contributed by atoms with Crippen LogP contribution in [0.15, 0.2) is 18.2 Å². The predicted molar refractivity (Wildman–Crippen MR) is 77.6 cm³/mol. The largest absolute Gasteiger partial charge is 0.334 e. The Bertz CT molecular complexity index is 499. The zero-order valence-electron chi connectivity index (χ0n) is 12.3. The van der Waals surface area contributed by atoms with Crippen molar-refractivity contribution in [3.8, 4) is 0 Å². The van der Waals surface area contributed by atoms with Crippen molar-refractivity contribution >= 4 is 11.7 Å². The first kappa shape index (κ1) is 14.7. The lowest BCUT2D eigenvalue weighted by molar-refractivity contribution is -0.118. The molecule has 0 aromatic carbocycles. The van der Waals surface area contributed by atoms with Crippen LogP contribution < -0.4 is 0 Å². The van der Waals surface area contributed by atoms with Crippen molar-refractivity contribution < 1.29 is 9.59 Å². The smallest absolute Gasteiger partial charge is 0.272 e. The standard InChI is InChI=1S/C16H22N2O2/c1-12-7-6-9-15(17-12)16(20)18-10-5-3-4-8-14(18)11-13(2)19/h6-7,9,14H,3-5,8,10-11H2,1-2H3. The Kier molecular flexibility index (Phi) is 4.88. The second-order valence-electron chi connectivity index (χ2n) is 5.57. The van der Waals surface area contributed by atoms with Crippen LogP contribution in [0.2, 0.25) is 0 Å². The van der Waals surface area contributed by atoms with Crippen molar-refractivity contribution in [1.29, 1.82) is 0 Å². The van der Waals surface area contributed by atoms with Gasteiger partial charge in [0.05, 0.1) is 0 Å². The van der Waals surface area contributed by atoms with Crippen LogP contribution in [0, 0.1) is 6.92 Å². The summed E-state index contributed by atoms with van der Waals surface area (Å²) in [7, 11) is 0. The topological polar surface area (TPSA) is 50.3 Å². The molecule has 2 rings (SSSR count). The van der Waals surface area contributed by atoms with Crippen LogP contribution in [0.25, 0.3) is 0 Å². The second kappa shape index (κ2) is 6.64. The zero-order valence-corrected chi connectivity index (χ0v) is 12.3. The van der Waals surface area contributed by atoms with E-state index in [1.165, 1.54) is 0 Å². The van der Waals surface area contributed by atoms with Gasteiger partial charge in [-0.05, 0) is 38.8 Å². The van der Waals surface area contributed by atoms with E-state index in [9.17, 15) is 9.59 Å². The minimum absolute atomic E-state index is 0.0322. The number of hydrogen-bond acceptors (Lipinski definition) is 3. The molecule has 0 bridgehead atoms. The molecule has 4 heteroatoms. The highest BCUT2D eigenvalue weighted by atomic mass is 16.2. The Balaban J connectivity index is 2.21. The number of Topliss-reactive ketones (excluding diaryl/α,β-unsaturated/α-hetero) is 1. The Morgan fingerprint density at radius 1 is 1.30 bits per heavy atom. The molecule has 0 N–H and O–H groups in total. The molecule has 20 heavy (non-hydrogen) atoms. The molecule has 0 spiro atoms. The summed E-state index contributed by atoms with van der Waals surface area (Å²) >= 11 is 0. The molecule has 1 saturated heterocycles. The van der Waals surface area contributed by atoms with E-state index in [0.29, 0.717) is 12.1 Å². The van der Waals surface area contributed by atoms with Crippen LogP contribution in [-0.4, -0.2) is 34.2 Å². The molecule has 1 unspecified atom stereocenters. The zero-order chi connectivity index (χ0) is 14.5. The van der Waals surface area contributed by atoms with Gasteiger partial charge in [-0.2, -0.15) is 0 Å². The Hall–Kier alpha value is -1.71. The third-order valence-electron chi connectivity index (χ3n) is 3.77. The Morgan fingerprint density at radius 2 is 2.10 bits per heavy atom. The summed E-state index contributed by atoms with van der Waals surface area (Å²) < 4.78 is 0. The van der Waals surface area contributed by atoms with E-state index in [0.717, 1.165) is 37.9 Å². The first-order valence-corrected chi connectivity index (χ1v) is 7.32. The van der Waals surface area contributed by atoms with Gasteiger partial charge in [-0.25, -0.2) is 4.98 Å². The van der Waals surface area contributed by atoms with Crippen molar-refractivity contribution in [2.75, 3.05) is 6.54 Å². The summed E-state index contributed by atoms with van der Waals surface area (Å²) in [5.74, 6) is 0.105. The maximum atomic E-state index is 12.6. The van der Waals surface area contributed by atoms with Crippen LogP contribution in [0.5, 0.6) is 0 Å². The predicted octanol–water partition coefficient (Wildman–Crippen LogP) is 2.75. The molecule has 0 aliphatic carbocycles. The molecule has 2 heterocycles. The lowest BCUT2D eigenvalue weighted by atomic mass is 10.0. The number of hydrogen-bond donors (Lipinski definition) is 0. The number of aromatic nitrogens is 1. The number of rotatable bonds is 3. The fraction of sp³-hybridized carbons (Fsp3) is 0.562. The molecule has 1 aromatic rings. The summed E-state index contributed by atoms with van der Waals surface area (Å²) in [5, 5.41) is 0. The molecule has 1 amide bonds. The second-order valence-corrected chi connectivity index (χ2v) is 5.57. The summed E-state index contributed by atoms with van der Waals surface area (Å²) in [4.78, 5) is 30.3. The SMILES string of the molecule is CC(=O)CC1CCCCCN1C(=O)c1cccc(C)n1. The summed E-state index contributed by atoms with van der Waals surface area (Å²) in [6.07, 6.45) is 4.59. The van der Waals surface area contributed by atoms with Gasteiger partial charge in [0.15, 0.2) is 0 Å². The number of pyridine rings is 1. The first-order valence-electron chi connectivity index (χ1n) is 7.32. The van der Waals surface area contributed by atoms with Gasteiger partial charge < -0.3 is 4.90 Å². The highest BCUT2D eigenvalue weighted by Gasteiger charge is 2.27. The minimum atomic E-state index is -0.0400. The van der Waals surface area contributed by atoms with Gasteiger partial charge in [-0.1, -0.05) is 18.9 Å². The maximum Gasteiger partial charge on any atom is 0.272 e. The molecule has 1 fully saturated rings. The van der Waals surface area contributed by atoms with E-state index in [2.05, 4.69) is 4.98 Å². The van der Waals surface area contributed by atoms with Gasteiger partial charge >= 0.3 is 0 Å². The maximum absolute atomic E-state index is 12.6. The summed E-state index contributed by atoms with van der Waals surface area (Å²) in [6.45, 7) is 4.21. The van der Waals surface area contributed by atoms with E-state index >= 15 is 0 Å². The number of carbonyl (C=O) groups is 2. The lowest BCUT2D eigenvalue weighted by Gasteiger charge is -2.29. The Morgan fingerprint density at radius 3 is 2.80 bits per heavy atom. The van der Waals surface area contributed by atoms with Crippen LogP contribution >= 0.6 is 0 Å². The Labute approximate surface area is 120 Å². The fourth-order valence-electron chi connectivity index (χ4n) is 2.80. The number of ketones is 1. The van der Waals surface area contributed by atoms with Crippen molar-refractivity contribution in [2.45, 2.75) is 52.0 Å². The van der Waals surface area contributed by atoms with Crippen molar-refractivity contribution in [3.63, 3.8) is 0 Å². The van der Waals surface area contributed by atoms with E-state index < -0.39 is 0 Å². The monoisotopic (exact) mass is 274 g/mol. The molecule has 1 atom stereocenters. The molecular weight excluding hydrogens is 252 g/mol. The summed E-state index contributed by atoms with van der Waals surface area (Å²) in [6, 6.07) is 5.52. The van der Waals surface area contributed by atoms with Gasteiger partial charge in [0.2, 0.25) is 0 Å². The lowest BCUT2D eigenvalue weighted by Crippen LogP contribution is -2.41. The van der Waals surface area contributed by atoms with Crippen molar-refractivity contribution in [1.82, 2.24) is 9.88 Å². The number of amides is 1. The van der Waals surface area contributed by atoms with Crippen molar-refractivity contribution in [2.24, 2.45) is 0 Å². The van der Waals surface area contributed by atoms with Crippen LogP contribution in [0.4, 0.5) is 0 Å². The average Bonchev–Trinajstić information content (AvgIpc) is 2.63. The highest BCUT2D eigenvalue weighted by molar-refractivity contribution is 5.93. The first-order chi connectivity index (χ1) is 9.58. The van der Waals surface area contributed by atoms with E-state index in [4.69, 9.17) is 0 Å². The third-order valence-corrected chi connectivity index (χ3v) is 3.77. The molecule has 108 valence electrons. The highest BCUT2D eigenvalue weighted by Crippen LogP contribution is 2.21. The minimum Gasteiger partial charge on any atom is -0.334 e. The number of carbonyl (C=O) groups excluding carboxylic acids is 2. The number of likely N-dealkylation sites (tertiary alicyclic amines) is 1. The molecule has 1 aliphatic rings. The summed E-state index contributed by atoms with van der Waals surface area (Å²) in [5.41, 5.74) is 1.33. The van der Waals surface area contributed by atoms with E-state index in [-0.39, 0.29) is 17.7 Å². The van der Waals surface area contributed by atoms with Crippen molar-refractivity contribution in [3.05, 3.63) is 29.6 Å². The fourth-order valence-corrected chi connectivity index (χ4v) is 2.80. The van der Waals surface area contributed by atoms with E-state index in [1.807, 2.05) is 24.0 Å². The van der Waals surface area contributed by atoms with Crippen LogP contribution in [0.3, 0.4) is 0 Å². The molecule has 0 radical (unpaired) electrons. The van der Waals surface area contributed by atoms with Gasteiger partial charge in [-0.15, -0.1) is 0 Å². The quantitative estimate of drug-likeness (QED) is 0.851. The molecule has 1 aromatic heterocycles. The average molecular weight is 274 g/mol. The molecular formula is C16H22N2O2. The van der Waals surface area contributed by atoms with Crippen LogP contribution in [-0.2, 0) is 4.79 Å². The number of aryl methyl sites for hydroxylation is 1. The molecule has 1 aliphatic heterocycles.